The summed E-state index contributed by atoms with van der Waals surface area (Å²) in [6.07, 6.45) is 2.37. The zero-order valence-corrected chi connectivity index (χ0v) is 16.4. The van der Waals surface area contributed by atoms with Crippen molar-refractivity contribution in [1.29, 1.82) is 0 Å². The Labute approximate surface area is 168 Å². The molecule has 0 aliphatic heterocycles. The lowest BCUT2D eigenvalue weighted by Gasteiger charge is -2.11. The summed E-state index contributed by atoms with van der Waals surface area (Å²) in [5, 5.41) is 7.12. The number of nitrogens with zero attached hydrogens (tertiary/aromatic N) is 2. The second kappa shape index (κ2) is 9.09. The molecule has 0 atom stereocenters. The molecule has 29 heavy (non-hydrogen) atoms. The number of benzene rings is 2. The first-order valence-electron chi connectivity index (χ1n) is 9.07. The first kappa shape index (κ1) is 20.2. The smallest absolute Gasteiger partial charge is 0.280 e. The summed E-state index contributed by atoms with van der Waals surface area (Å²) in [4.78, 5) is 12.9. The molecule has 7 nitrogen and oxygen atoms in total. The van der Waals surface area contributed by atoms with Gasteiger partial charge in [-0.15, -0.1) is 0 Å². The Hall–Kier alpha value is -3.55. The number of hydrogen-bond donors (Lipinski definition) is 1. The monoisotopic (exact) mass is 399 g/mol. The largest absolute Gasteiger partial charge is 0.497 e. The van der Waals surface area contributed by atoms with E-state index < -0.39 is 5.91 Å². The lowest BCUT2D eigenvalue weighted by molar-refractivity contribution is 0.101. The van der Waals surface area contributed by atoms with Crippen molar-refractivity contribution in [3.8, 4) is 22.9 Å². The van der Waals surface area contributed by atoms with Crippen LogP contribution in [0.2, 0.25) is 0 Å². The molecule has 3 aromatic rings. The number of ether oxygens (including phenoxy) is 3. The molecule has 0 aliphatic carbocycles. The maximum Gasteiger partial charge on any atom is 0.280 e. The molecule has 0 spiro atoms. The Morgan fingerprint density at radius 1 is 1.10 bits per heavy atom. The molecule has 0 aliphatic rings. The first-order chi connectivity index (χ1) is 14.0. The minimum atomic E-state index is -0.458. The molecule has 152 valence electrons. The number of aromatic nitrogens is 2. The molecule has 1 aromatic heterocycles. The van der Waals surface area contributed by atoms with Crippen molar-refractivity contribution in [1.82, 2.24) is 9.78 Å². The fourth-order valence-corrected chi connectivity index (χ4v) is 2.64. The van der Waals surface area contributed by atoms with Crippen molar-refractivity contribution in [3.05, 3.63) is 60.2 Å². The van der Waals surface area contributed by atoms with E-state index in [9.17, 15) is 9.18 Å². The molecule has 2 aromatic carbocycles. The molecule has 0 saturated heterocycles. The summed E-state index contributed by atoms with van der Waals surface area (Å²) < 4.78 is 30.9. The summed E-state index contributed by atoms with van der Waals surface area (Å²) in [6.45, 7) is 2.40. The Morgan fingerprint density at radius 2 is 1.86 bits per heavy atom. The molecular weight excluding hydrogens is 377 g/mol. The molecule has 8 heteroatoms. The molecule has 1 amide bonds. The summed E-state index contributed by atoms with van der Waals surface area (Å²) in [7, 11) is 3.05. The second-order valence-electron chi connectivity index (χ2n) is 6.13. The average Bonchev–Trinajstić information content (AvgIpc) is 3.17. The number of carbonyl (C=O) groups is 1. The number of nitrogens with one attached hydrogen (secondary N) is 1. The van der Waals surface area contributed by atoms with Crippen LogP contribution in [0.15, 0.2) is 48.7 Å². The lowest BCUT2D eigenvalue weighted by atomic mass is 10.2. The molecule has 3 rings (SSSR count). The van der Waals surface area contributed by atoms with Gasteiger partial charge in [0.2, 0.25) is 0 Å². The van der Waals surface area contributed by atoms with E-state index in [0.29, 0.717) is 35.2 Å². The maximum absolute atomic E-state index is 13.2. The van der Waals surface area contributed by atoms with Crippen LogP contribution in [0.25, 0.3) is 5.69 Å². The number of anilines is 1. The van der Waals surface area contributed by atoms with Gasteiger partial charge in [0.15, 0.2) is 11.4 Å². The third kappa shape index (κ3) is 4.66. The van der Waals surface area contributed by atoms with Crippen molar-refractivity contribution in [3.63, 3.8) is 0 Å². The van der Waals surface area contributed by atoms with Crippen LogP contribution in [0.1, 0.15) is 23.8 Å². The number of hydrogen-bond acceptors (Lipinski definition) is 5. The molecule has 0 bridgehead atoms. The van der Waals surface area contributed by atoms with E-state index in [-0.39, 0.29) is 11.5 Å². The van der Waals surface area contributed by atoms with Gasteiger partial charge in [0.05, 0.1) is 38.4 Å². The van der Waals surface area contributed by atoms with Crippen LogP contribution in [-0.2, 0) is 0 Å². The molecule has 0 unspecified atom stereocenters. The second-order valence-corrected chi connectivity index (χ2v) is 6.13. The van der Waals surface area contributed by atoms with Crippen LogP contribution in [0.3, 0.4) is 0 Å². The minimum absolute atomic E-state index is 0.112. The lowest BCUT2D eigenvalue weighted by Crippen LogP contribution is -2.15. The Bertz CT molecular complexity index is 986. The number of rotatable bonds is 8. The number of halogens is 1. The van der Waals surface area contributed by atoms with E-state index in [1.807, 2.05) is 6.92 Å². The fraction of sp³-hybridized carbons (Fsp3) is 0.238. The van der Waals surface area contributed by atoms with E-state index in [0.717, 1.165) is 6.42 Å². The summed E-state index contributed by atoms with van der Waals surface area (Å²) >= 11 is 0. The van der Waals surface area contributed by atoms with Gasteiger partial charge in [-0.05, 0) is 42.8 Å². The highest BCUT2D eigenvalue weighted by molar-refractivity contribution is 6.05. The van der Waals surface area contributed by atoms with Gasteiger partial charge in [-0.1, -0.05) is 6.92 Å². The Kier molecular flexibility index (Phi) is 6.33. The van der Waals surface area contributed by atoms with E-state index in [4.69, 9.17) is 14.2 Å². The summed E-state index contributed by atoms with van der Waals surface area (Å²) in [5.41, 5.74) is 1.19. The summed E-state index contributed by atoms with van der Waals surface area (Å²) in [6, 6.07) is 10.8. The van der Waals surface area contributed by atoms with E-state index in [1.54, 1.807) is 43.6 Å². The average molecular weight is 399 g/mol. The van der Waals surface area contributed by atoms with Crippen molar-refractivity contribution in [2.24, 2.45) is 0 Å². The van der Waals surface area contributed by atoms with Crippen LogP contribution in [-0.4, -0.2) is 36.5 Å². The van der Waals surface area contributed by atoms with Crippen molar-refractivity contribution in [2.45, 2.75) is 13.3 Å². The molecule has 0 radical (unpaired) electrons. The maximum atomic E-state index is 13.2. The molecule has 0 fully saturated rings. The highest BCUT2D eigenvalue weighted by Crippen LogP contribution is 2.30. The Morgan fingerprint density at radius 3 is 2.52 bits per heavy atom. The molecule has 1 heterocycles. The van der Waals surface area contributed by atoms with Gasteiger partial charge in [-0.25, -0.2) is 9.07 Å². The highest BCUT2D eigenvalue weighted by Gasteiger charge is 2.20. The van der Waals surface area contributed by atoms with Gasteiger partial charge in [0.25, 0.3) is 5.91 Å². The van der Waals surface area contributed by atoms with Crippen LogP contribution >= 0.6 is 0 Å². The van der Waals surface area contributed by atoms with Gasteiger partial charge >= 0.3 is 0 Å². The number of methoxy groups -OCH3 is 2. The van der Waals surface area contributed by atoms with Crippen LogP contribution in [0.4, 0.5) is 10.1 Å². The van der Waals surface area contributed by atoms with E-state index >= 15 is 0 Å². The topological polar surface area (TPSA) is 74.6 Å². The first-order valence-corrected chi connectivity index (χ1v) is 9.07. The highest BCUT2D eigenvalue weighted by atomic mass is 19.1. The van der Waals surface area contributed by atoms with Crippen LogP contribution in [0, 0.1) is 5.82 Å². The van der Waals surface area contributed by atoms with Crippen molar-refractivity contribution in [2.75, 3.05) is 26.1 Å². The number of carbonyl (C=O) groups excluding carboxylic acids is 1. The van der Waals surface area contributed by atoms with E-state index in [1.165, 1.54) is 23.9 Å². The van der Waals surface area contributed by atoms with Gasteiger partial charge in [-0.3, -0.25) is 4.79 Å². The molecular formula is C21H22FN3O4. The van der Waals surface area contributed by atoms with Crippen LogP contribution in [0.5, 0.6) is 17.2 Å². The SMILES string of the molecule is CCCOc1cn(-c2ccc(F)cc2)nc1C(=O)Nc1ccc(OC)cc1OC. The third-order valence-electron chi connectivity index (χ3n) is 4.11. The zero-order chi connectivity index (χ0) is 20.8. The third-order valence-corrected chi connectivity index (χ3v) is 4.11. The molecule has 1 N–H and O–H groups in total. The fourth-order valence-electron chi connectivity index (χ4n) is 2.64. The predicted molar refractivity (Wildman–Crippen MR) is 107 cm³/mol. The normalized spacial score (nSPS) is 10.5. The predicted octanol–water partition coefficient (Wildman–Crippen LogP) is 4.07. The molecule has 0 saturated carbocycles. The Balaban J connectivity index is 1.91. The number of amides is 1. The van der Waals surface area contributed by atoms with Gasteiger partial charge < -0.3 is 19.5 Å². The van der Waals surface area contributed by atoms with Gasteiger partial charge in [0.1, 0.15) is 17.3 Å². The van der Waals surface area contributed by atoms with Gasteiger partial charge in [0, 0.05) is 6.07 Å². The quantitative estimate of drug-likeness (QED) is 0.618. The summed E-state index contributed by atoms with van der Waals surface area (Å²) in [5.74, 6) is 0.577. The zero-order valence-electron chi connectivity index (χ0n) is 16.4. The van der Waals surface area contributed by atoms with Crippen molar-refractivity contribution >= 4 is 11.6 Å². The van der Waals surface area contributed by atoms with Gasteiger partial charge in [-0.2, -0.15) is 5.10 Å². The standard InChI is InChI=1S/C21H22FN3O4/c1-4-11-29-19-13-25(15-7-5-14(22)6-8-15)24-20(19)21(26)23-17-10-9-16(27-2)12-18(17)28-3/h5-10,12-13H,4,11H2,1-3H3,(H,23,26). The van der Waals surface area contributed by atoms with Crippen molar-refractivity contribution < 1.29 is 23.4 Å². The minimum Gasteiger partial charge on any atom is -0.497 e. The van der Waals surface area contributed by atoms with Crippen LogP contribution < -0.4 is 19.5 Å². The van der Waals surface area contributed by atoms with E-state index in [2.05, 4.69) is 10.4 Å².